The predicted molar refractivity (Wildman–Crippen MR) is 195 cm³/mol. The van der Waals surface area contributed by atoms with Gasteiger partial charge in [-0.1, -0.05) is 87.8 Å². The molecule has 0 aromatic heterocycles. The molecular formula is C37H46ClN5O7S. The number of nitrogens with zero attached hydrogens (tertiary/aromatic N) is 3. The lowest BCUT2D eigenvalue weighted by Gasteiger charge is -2.34. The van der Waals surface area contributed by atoms with Crippen LogP contribution in [0.2, 0.25) is 5.02 Å². The molecule has 0 spiro atoms. The Morgan fingerprint density at radius 3 is 2.24 bits per heavy atom. The van der Waals surface area contributed by atoms with Gasteiger partial charge in [-0.15, -0.1) is 0 Å². The highest BCUT2D eigenvalue weighted by Crippen LogP contribution is 2.26. The Morgan fingerprint density at radius 1 is 0.961 bits per heavy atom. The van der Waals surface area contributed by atoms with Crippen LogP contribution in [0.4, 0.5) is 10.5 Å². The second-order valence-corrected chi connectivity index (χ2v) is 16.0. The van der Waals surface area contributed by atoms with Crippen molar-refractivity contribution in [3.63, 3.8) is 0 Å². The van der Waals surface area contributed by atoms with Gasteiger partial charge in [0.2, 0.25) is 15.9 Å². The van der Waals surface area contributed by atoms with Gasteiger partial charge in [-0.25, -0.2) is 13.2 Å². The average Bonchev–Trinajstić information content (AvgIpc) is 3.33. The van der Waals surface area contributed by atoms with Crippen molar-refractivity contribution in [1.29, 1.82) is 0 Å². The van der Waals surface area contributed by atoms with E-state index in [1.807, 2.05) is 44.2 Å². The van der Waals surface area contributed by atoms with Crippen molar-refractivity contribution in [2.24, 2.45) is 11.8 Å². The maximum atomic E-state index is 14.1. The largest absolute Gasteiger partial charge is 0.397 e. The Hall–Kier alpha value is -4.30. The average molecular weight is 740 g/mol. The summed E-state index contributed by atoms with van der Waals surface area (Å²) in [7, 11) is -4.15. The van der Waals surface area contributed by atoms with Crippen LogP contribution in [0.25, 0.3) is 0 Å². The van der Waals surface area contributed by atoms with E-state index in [0.717, 1.165) is 14.8 Å². The number of benzene rings is 3. The Morgan fingerprint density at radius 2 is 1.63 bits per heavy atom. The van der Waals surface area contributed by atoms with Crippen molar-refractivity contribution in [1.82, 2.24) is 19.4 Å². The number of rotatable bonds is 16. The van der Waals surface area contributed by atoms with Gasteiger partial charge >= 0.3 is 6.03 Å². The van der Waals surface area contributed by atoms with Crippen molar-refractivity contribution < 1.29 is 32.7 Å². The number of aliphatic hydroxyl groups excluding tert-OH is 1. The molecule has 14 heteroatoms. The number of hydrogen-bond acceptors (Lipinski definition) is 8. The summed E-state index contributed by atoms with van der Waals surface area (Å²) in [6.45, 7) is 7.92. The fourth-order valence-electron chi connectivity index (χ4n) is 6.07. The van der Waals surface area contributed by atoms with E-state index in [9.17, 15) is 32.7 Å². The van der Waals surface area contributed by atoms with Gasteiger partial charge in [0.1, 0.15) is 12.6 Å². The van der Waals surface area contributed by atoms with Crippen LogP contribution in [0.3, 0.4) is 0 Å². The molecule has 4 N–H and O–H groups in total. The smallest absolute Gasteiger partial charge is 0.328 e. The molecule has 1 heterocycles. The number of nitrogens with two attached hydrogens (primary N) is 1. The molecule has 4 rings (SSSR count). The first kappa shape index (κ1) is 39.5. The molecule has 0 aliphatic carbocycles. The Bertz CT molecular complexity index is 1850. The summed E-state index contributed by atoms with van der Waals surface area (Å²) in [6.07, 6.45) is -1.24. The van der Waals surface area contributed by atoms with Gasteiger partial charge in [-0.3, -0.25) is 19.3 Å². The van der Waals surface area contributed by atoms with E-state index in [2.05, 4.69) is 5.32 Å². The normalized spacial score (nSPS) is 15.5. The minimum absolute atomic E-state index is 0.0676. The van der Waals surface area contributed by atoms with Gasteiger partial charge in [0, 0.05) is 18.7 Å². The van der Waals surface area contributed by atoms with E-state index in [1.165, 1.54) is 30.0 Å². The zero-order valence-electron chi connectivity index (χ0n) is 29.5. The van der Waals surface area contributed by atoms with Crippen LogP contribution in [0.5, 0.6) is 0 Å². The number of Topliss-reactive ketones (excluding diaryl/α,β-unsaturated/α-hetero) is 1. The van der Waals surface area contributed by atoms with Gasteiger partial charge in [0.25, 0.3) is 5.91 Å². The third-order valence-electron chi connectivity index (χ3n) is 8.65. The quantitative estimate of drug-likeness (QED) is 0.111. The zero-order chi connectivity index (χ0) is 37.6. The fraction of sp³-hybridized carbons (Fsp3) is 0.405. The summed E-state index contributed by atoms with van der Waals surface area (Å²) in [4.78, 5) is 55.0. The highest BCUT2D eigenvalue weighted by molar-refractivity contribution is 7.89. The number of sulfonamides is 1. The number of carbonyl (C=O) groups is 4. The number of amides is 4. The highest BCUT2D eigenvalue weighted by Gasteiger charge is 2.44. The van der Waals surface area contributed by atoms with Gasteiger partial charge < -0.3 is 21.1 Å². The molecule has 0 saturated carbocycles. The van der Waals surface area contributed by atoms with Crippen LogP contribution in [-0.4, -0.2) is 89.1 Å². The van der Waals surface area contributed by atoms with Crippen LogP contribution in [-0.2, 0) is 32.6 Å². The summed E-state index contributed by atoms with van der Waals surface area (Å²) in [5.74, 6) is -1.80. The Labute approximate surface area is 304 Å². The molecule has 51 heavy (non-hydrogen) atoms. The van der Waals surface area contributed by atoms with Gasteiger partial charge in [-0.05, 0) is 60.6 Å². The fourth-order valence-corrected chi connectivity index (χ4v) is 7.85. The van der Waals surface area contributed by atoms with Crippen molar-refractivity contribution in [2.45, 2.75) is 70.7 Å². The van der Waals surface area contributed by atoms with Crippen molar-refractivity contribution in [3.05, 3.63) is 94.5 Å². The van der Waals surface area contributed by atoms with Gasteiger partial charge in [-0.2, -0.15) is 4.31 Å². The first-order valence-corrected chi connectivity index (χ1v) is 18.6. The van der Waals surface area contributed by atoms with Crippen molar-refractivity contribution in [2.75, 3.05) is 25.4 Å². The number of urea groups is 1. The minimum Gasteiger partial charge on any atom is -0.397 e. The zero-order valence-corrected chi connectivity index (χ0v) is 31.0. The standard InChI is InChI=1S/C37H46ClN5O7S/c1-23(2)19-41(51(49,50)29-14-15-30(38)31(39)18-29)21-33(45)32(17-26-10-7-6-8-11-26)40-36(47)35(24(3)4)43-22-34(46)42(37(43)48)20-27-12-9-13-28(16-27)25(5)44/h6-16,18,23-24,32-33,35,45H,17,19-22,39H2,1-5H3,(H,40,47)/t32-,33-,35-/m0/s1. The molecule has 0 bridgehead atoms. The van der Waals surface area contributed by atoms with Crippen molar-refractivity contribution >= 4 is 50.9 Å². The summed E-state index contributed by atoms with van der Waals surface area (Å²) in [6, 6.07) is 17.1. The van der Waals surface area contributed by atoms with E-state index in [0.29, 0.717) is 11.1 Å². The SMILES string of the molecule is CC(=O)c1cccc(CN2C(=O)CN([C@H](C(=O)N[C@@H](Cc3ccccc3)[C@@H](O)CN(CC(C)C)S(=O)(=O)c3ccc(Cl)c(N)c3)C(C)C)C2=O)c1. The van der Waals surface area contributed by atoms with Crippen LogP contribution in [0.15, 0.2) is 77.7 Å². The Balaban J connectivity index is 1.60. The molecule has 1 aliphatic heterocycles. The predicted octanol–water partition coefficient (Wildman–Crippen LogP) is 4.35. The van der Waals surface area contributed by atoms with Crippen molar-refractivity contribution in [3.8, 4) is 0 Å². The number of imide groups is 1. The van der Waals surface area contributed by atoms with E-state index >= 15 is 0 Å². The summed E-state index contributed by atoms with van der Waals surface area (Å²) in [5.41, 5.74) is 7.82. The van der Waals surface area contributed by atoms with Gasteiger partial charge in [0.05, 0.1) is 34.3 Å². The third-order valence-corrected chi connectivity index (χ3v) is 10.8. The third kappa shape index (κ3) is 9.73. The molecule has 3 aromatic rings. The molecule has 12 nitrogen and oxygen atoms in total. The lowest BCUT2D eigenvalue weighted by atomic mass is 9.97. The van der Waals surface area contributed by atoms with Crippen LogP contribution in [0.1, 0.15) is 56.1 Å². The summed E-state index contributed by atoms with van der Waals surface area (Å²) >= 11 is 6.05. The van der Waals surface area contributed by atoms with Crippen LogP contribution in [0, 0.1) is 11.8 Å². The topological polar surface area (TPSA) is 170 Å². The summed E-state index contributed by atoms with van der Waals surface area (Å²) < 4.78 is 28.9. The minimum atomic E-state index is -4.15. The maximum absolute atomic E-state index is 14.1. The monoisotopic (exact) mass is 739 g/mol. The summed E-state index contributed by atoms with van der Waals surface area (Å²) in [5, 5.41) is 14.8. The molecule has 0 radical (unpaired) electrons. The molecule has 3 aromatic carbocycles. The first-order chi connectivity index (χ1) is 24.0. The number of anilines is 1. The first-order valence-electron chi connectivity index (χ1n) is 16.8. The van der Waals surface area contributed by atoms with E-state index in [4.69, 9.17) is 17.3 Å². The molecule has 274 valence electrons. The number of nitrogen functional groups attached to an aromatic ring is 1. The van der Waals surface area contributed by atoms with E-state index in [-0.39, 0.29) is 59.9 Å². The number of nitrogens with one attached hydrogen (secondary N) is 1. The number of aliphatic hydroxyl groups is 1. The highest BCUT2D eigenvalue weighted by atomic mass is 35.5. The molecule has 1 saturated heterocycles. The number of ketones is 1. The van der Waals surface area contributed by atoms with Crippen LogP contribution >= 0.6 is 11.6 Å². The molecule has 3 atom stereocenters. The second kappa shape index (κ2) is 16.8. The lowest BCUT2D eigenvalue weighted by Crippen LogP contribution is -2.57. The molecule has 1 fully saturated rings. The number of carbonyl (C=O) groups excluding carboxylic acids is 4. The second-order valence-electron chi connectivity index (χ2n) is 13.6. The van der Waals surface area contributed by atoms with E-state index in [1.54, 1.807) is 38.1 Å². The van der Waals surface area contributed by atoms with E-state index < -0.39 is 52.0 Å². The number of hydrogen-bond donors (Lipinski definition) is 3. The Kier molecular flexibility index (Phi) is 13.0. The molecular weight excluding hydrogens is 694 g/mol. The van der Waals surface area contributed by atoms with Crippen LogP contribution < -0.4 is 11.1 Å². The maximum Gasteiger partial charge on any atom is 0.328 e. The molecule has 0 unspecified atom stereocenters. The van der Waals surface area contributed by atoms with Gasteiger partial charge in [0.15, 0.2) is 5.78 Å². The molecule has 1 aliphatic rings. The lowest BCUT2D eigenvalue weighted by molar-refractivity contribution is -0.129. The number of halogens is 1. The molecule has 4 amide bonds.